The van der Waals surface area contributed by atoms with Gasteiger partial charge in [0.15, 0.2) is 0 Å². The number of carboxylic acids is 1. The van der Waals surface area contributed by atoms with E-state index in [2.05, 4.69) is 9.36 Å². The molecule has 0 bridgehead atoms. The van der Waals surface area contributed by atoms with Gasteiger partial charge in [-0.3, -0.25) is 4.79 Å². The van der Waals surface area contributed by atoms with E-state index in [-0.39, 0.29) is 12.5 Å². The molecule has 0 aliphatic rings. The average Bonchev–Trinajstić information content (AvgIpc) is 2.51. The lowest BCUT2D eigenvalue weighted by atomic mass is 10.3. The van der Waals surface area contributed by atoms with Crippen molar-refractivity contribution in [2.24, 2.45) is 0 Å². The summed E-state index contributed by atoms with van der Waals surface area (Å²) in [6.07, 6.45) is 0.122. The Morgan fingerprint density at radius 2 is 2.27 bits per heavy atom. The molecule has 0 aliphatic heterocycles. The van der Waals surface area contributed by atoms with Crippen LogP contribution in [-0.4, -0.2) is 33.0 Å². The average molecular weight is 229 g/mol. The molecule has 1 N–H and O–H groups in total. The van der Waals surface area contributed by atoms with Gasteiger partial charge in [0.25, 0.3) is 0 Å². The first-order valence-corrected chi connectivity index (χ1v) is 5.56. The highest BCUT2D eigenvalue weighted by Gasteiger charge is 2.15. The Labute approximate surface area is 92.9 Å². The molecule has 0 spiro atoms. The molecule has 5 nitrogen and oxygen atoms in total. The minimum Gasteiger partial charge on any atom is -0.481 e. The van der Waals surface area contributed by atoms with Crippen molar-refractivity contribution in [1.29, 1.82) is 0 Å². The van der Waals surface area contributed by atoms with Crippen molar-refractivity contribution in [2.45, 2.75) is 33.2 Å². The van der Waals surface area contributed by atoms with Crippen molar-refractivity contribution < 1.29 is 9.90 Å². The Kier molecular flexibility index (Phi) is 4.02. The van der Waals surface area contributed by atoms with Gasteiger partial charge in [-0.05, 0) is 20.8 Å². The molecule has 0 aliphatic carbocycles. The highest BCUT2D eigenvalue weighted by Crippen LogP contribution is 2.19. The number of anilines is 1. The molecule has 0 fully saturated rings. The fourth-order valence-corrected chi connectivity index (χ4v) is 2.03. The van der Waals surface area contributed by atoms with E-state index in [1.165, 1.54) is 11.5 Å². The zero-order chi connectivity index (χ0) is 11.4. The van der Waals surface area contributed by atoms with Crippen molar-refractivity contribution in [1.82, 2.24) is 9.36 Å². The normalized spacial score (nSPS) is 10.7. The highest BCUT2D eigenvalue weighted by atomic mass is 32.1. The standard InChI is InChI=1S/C9H15N3O2S/c1-6(2)12(5-4-8(13)14)9-10-7(3)11-15-9/h6H,4-5H2,1-3H3,(H,13,14). The van der Waals surface area contributed by atoms with Crippen LogP contribution in [0.5, 0.6) is 0 Å². The Morgan fingerprint density at radius 3 is 2.67 bits per heavy atom. The number of aryl methyl sites for hydroxylation is 1. The molecule has 15 heavy (non-hydrogen) atoms. The monoisotopic (exact) mass is 229 g/mol. The van der Waals surface area contributed by atoms with Crippen LogP contribution in [0.15, 0.2) is 0 Å². The predicted molar refractivity (Wildman–Crippen MR) is 59.4 cm³/mol. The molecule has 0 saturated carbocycles. The zero-order valence-electron chi connectivity index (χ0n) is 9.10. The lowest BCUT2D eigenvalue weighted by molar-refractivity contribution is -0.136. The molecule has 1 heterocycles. The number of carboxylic acid groups (broad SMARTS) is 1. The van der Waals surface area contributed by atoms with Gasteiger partial charge >= 0.3 is 5.97 Å². The summed E-state index contributed by atoms with van der Waals surface area (Å²) < 4.78 is 4.09. The number of nitrogens with zero attached hydrogens (tertiary/aromatic N) is 3. The minimum atomic E-state index is -0.790. The molecule has 1 aromatic rings. The van der Waals surface area contributed by atoms with E-state index in [1.807, 2.05) is 25.7 Å². The maximum Gasteiger partial charge on any atom is 0.305 e. The summed E-state index contributed by atoms with van der Waals surface area (Å²) in [7, 11) is 0. The zero-order valence-corrected chi connectivity index (χ0v) is 9.91. The summed E-state index contributed by atoms with van der Waals surface area (Å²) in [5.41, 5.74) is 0. The van der Waals surface area contributed by atoms with Crippen LogP contribution in [0.2, 0.25) is 0 Å². The van der Waals surface area contributed by atoms with Gasteiger partial charge < -0.3 is 10.0 Å². The van der Waals surface area contributed by atoms with Gasteiger partial charge in [0.05, 0.1) is 6.42 Å². The van der Waals surface area contributed by atoms with E-state index in [4.69, 9.17) is 5.11 Å². The van der Waals surface area contributed by atoms with Crippen LogP contribution in [0.3, 0.4) is 0 Å². The molecule has 0 saturated heterocycles. The van der Waals surface area contributed by atoms with E-state index < -0.39 is 5.97 Å². The summed E-state index contributed by atoms with van der Waals surface area (Å²) in [6.45, 7) is 6.33. The van der Waals surface area contributed by atoms with Crippen LogP contribution in [0.25, 0.3) is 0 Å². The first-order chi connectivity index (χ1) is 7.00. The van der Waals surface area contributed by atoms with Gasteiger partial charge in [-0.2, -0.15) is 4.37 Å². The second kappa shape index (κ2) is 5.06. The van der Waals surface area contributed by atoms with Crippen molar-refractivity contribution in [3.05, 3.63) is 5.82 Å². The molecule has 1 aromatic heterocycles. The molecular weight excluding hydrogens is 214 g/mol. The van der Waals surface area contributed by atoms with E-state index in [0.717, 1.165) is 11.0 Å². The minimum absolute atomic E-state index is 0.122. The van der Waals surface area contributed by atoms with Crippen LogP contribution in [0.1, 0.15) is 26.1 Å². The SMILES string of the molecule is Cc1nsc(N(CCC(=O)O)C(C)C)n1. The van der Waals surface area contributed by atoms with Crippen molar-refractivity contribution in [2.75, 3.05) is 11.4 Å². The number of aromatic nitrogens is 2. The van der Waals surface area contributed by atoms with Crippen molar-refractivity contribution in [3.8, 4) is 0 Å². The Bertz CT molecular complexity index is 338. The Hall–Kier alpha value is -1.17. The van der Waals surface area contributed by atoms with Crippen molar-refractivity contribution in [3.63, 3.8) is 0 Å². The highest BCUT2D eigenvalue weighted by molar-refractivity contribution is 7.09. The van der Waals surface area contributed by atoms with E-state index in [0.29, 0.717) is 6.54 Å². The van der Waals surface area contributed by atoms with Gasteiger partial charge in [-0.15, -0.1) is 0 Å². The topological polar surface area (TPSA) is 66.3 Å². The summed E-state index contributed by atoms with van der Waals surface area (Å²) in [4.78, 5) is 16.7. The summed E-state index contributed by atoms with van der Waals surface area (Å²) in [6, 6.07) is 0.233. The third-order valence-electron chi connectivity index (χ3n) is 1.95. The molecule has 0 aromatic carbocycles. The summed E-state index contributed by atoms with van der Waals surface area (Å²) in [5.74, 6) is -0.0575. The Balaban J connectivity index is 2.70. The second-order valence-electron chi connectivity index (χ2n) is 3.56. The number of hydrogen-bond donors (Lipinski definition) is 1. The molecule has 0 unspecified atom stereocenters. The molecular formula is C9H15N3O2S. The molecule has 0 amide bonds. The van der Waals surface area contributed by atoms with Crippen LogP contribution in [0, 0.1) is 6.92 Å². The van der Waals surface area contributed by atoms with E-state index in [1.54, 1.807) is 0 Å². The van der Waals surface area contributed by atoms with Crippen molar-refractivity contribution >= 4 is 22.6 Å². The second-order valence-corrected chi connectivity index (χ2v) is 4.29. The van der Waals surface area contributed by atoms with E-state index >= 15 is 0 Å². The quantitative estimate of drug-likeness (QED) is 0.829. The molecule has 1 rings (SSSR count). The molecule has 0 radical (unpaired) electrons. The number of rotatable bonds is 5. The summed E-state index contributed by atoms with van der Waals surface area (Å²) in [5, 5.41) is 9.43. The predicted octanol–water partition coefficient (Wildman–Crippen LogP) is 1.54. The molecule has 84 valence electrons. The lowest BCUT2D eigenvalue weighted by Crippen LogP contribution is -2.32. The van der Waals surface area contributed by atoms with E-state index in [9.17, 15) is 4.79 Å². The van der Waals surface area contributed by atoms with Gasteiger partial charge in [0.1, 0.15) is 5.82 Å². The fraction of sp³-hybridized carbons (Fsp3) is 0.667. The van der Waals surface area contributed by atoms with Crippen LogP contribution in [0.4, 0.5) is 5.13 Å². The first kappa shape index (κ1) is 11.9. The molecule has 0 atom stereocenters. The van der Waals surface area contributed by atoms with Gasteiger partial charge in [0, 0.05) is 24.1 Å². The van der Waals surface area contributed by atoms with Crippen LogP contribution in [-0.2, 0) is 4.79 Å². The van der Waals surface area contributed by atoms with Crippen LogP contribution >= 0.6 is 11.5 Å². The fourth-order valence-electron chi connectivity index (χ4n) is 1.19. The maximum atomic E-state index is 10.5. The number of carbonyl (C=O) groups is 1. The third kappa shape index (κ3) is 3.47. The van der Waals surface area contributed by atoms with Gasteiger partial charge in [-0.1, -0.05) is 0 Å². The Morgan fingerprint density at radius 1 is 1.60 bits per heavy atom. The van der Waals surface area contributed by atoms with Gasteiger partial charge in [-0.25, -0.2) is 4.98 Å². The third-order valence-corrected chi connectivity index (χ3v) is 2.80. The largest absolute Gasteiger partial charge is 0.481 e. The maximum absolute atomic E-state index is 10.5. The smallest absolute Gasteiger partial charge is 0.305 e. The number of hydrogen-bond acceptors (Lipinski definition) is 5. The number of aliphatic carboxylic acids is 1. The van der Waals surface area contributed by atoms with Gasteiger partial charge in [0.2, 0.25) is 5.13 Å². The first-order valence-electron chi connectivity index (χ1n) is 4.79. The van der Waals surface area contributed by atoms with Crippen LogP contribution < -0.4 is 4.90 Å². The lowest BCUT2D eigenvalue weighted by Gasteiger charge is -2.24. The summed E-state index contributed by atoms with van der Waals surface area (Å²) >= 11 is 1.31. The molecule has 6 heteroatoms.